The molecule has 1 aliphatic rings. The number of aromatic nitrogens is 1. The maximum absolute atomic E-state index is 11.2. The van der Waals surface area contributed by atoms with Crippen molar-refractivity contribution in [2.75, 3.05) is 6.61 Å². The van der Waals surface area contributed by atoms with Crippen LogP contribution in [0.3, 0.4) is 0 Å². The highest BCUT2D eigenvalue weighted by Gasteiger charge is 2.20. The smallest absolute Gasteiger partial charge is 0.152 e. The highest BCUT2D eigenvalue weighted by atomic mass is 35.5. The van der Waals surface area contributed by atoms with E-state index in [1.165, 1.54) is 0 Å². The normalized spacial score (nSPS) is 15.1. The fourth-order valence-corrected chi connectivity index (χ4v) is 2.58. The molecule has 3 nitrogen and oxygen atoms in total. The second kappa shape index (κ2) is 3.61. The van der Waals surface area contributed by atoms with E-state index in [1.54, 1.807) is 0 Å². The molecule has 16 heavy (non-hydrogen) atoms. The Labute approximate surface area is 97.6 Å². The molecule has 2 aromatic rings. The van der Waals surface area contributed by atoms with Crippen LogP contribution in [0.25, 0.3) is 10.9 Å². The number of aldehydes is 1. The van der Waals surface area contributed by atoms with E-state index in [0.717, 1.165) is 29.4 Å². The van der Waals surface area contributed by atoms with Gasteiger partial charge in [-0.05, 0) is 6.07 Å². The van der Waals surface area contributed by atoms with E-state index in [4.69, 9.17) is 16.3 Å². The summed E-state index contributed by atoms with van der Waals surface area (Å²) in [5.74, 6) is 0. The van der Waals surface area contributed by atoms with Gasteiger partial charge in [-0.25, -0.2) is 0 Å². The predicted molar refractivity (Wildman–Crippen MR) is 62.0 cm³/mol. The van der Waals surface area contributed by atoms with Crippen molar-refractivity contribution in [3.05, 3.63) is 34.5 Å². The fraction of sp³-hybridized carbons (Fsp3) is 0.250. The summed E-state index contributed by atoms with van der Waals surface area (Å²) in [7, 11) is 0. The lowest BCUT2D eigenvalue weighted by Crippen LogP contribution is -2.16. The lowest BCUT2D eigenvalue weighted by atomic mass is 10.1. The van der Waals surface area contributed by atoms with Crippen LogP contribution in [-0.2, 0) is 17.9 Å². The van der Waals surface area contributed by atoms with Gasteiger partial charge >= 0.3 is 0 Å². The topological polar surface area (TPSA) is 31.2 Å². The van der Waals surface area contributed by atoms with Crippen molar-refractivity contribution >= 4 is 28.8 Å². The molecule has 1 aromatic carbocycles. The molecule has 0 saturated heterocycles. The number of ether oxygens (including phenoxy) is 1. The van der Waals surface area contributed by atoms with Gasteiger partial charge < -0.3 is 9.30 Å². The summed E-state index contributed by atoms with van der Waals surface area (Å²) in [6.45, 7) is 1.91. The number of carbonyl (C=O) groups is 1. The number of hydrogen-bond donors (Lipinski definition) is 0. The third-order valence-corrected chi connectivity index (χ3v) is 3.30. The molecular weight excluding hydrogens is 226 g/mol. The largest absolute Gasteiger partial charge is 0.373 e. The average molecular weight is 236 g/mol. The first-order chi connectivity index (χ1) is 7.83. The molecule has 0 atom stereocenters. The first kappa shape index (κ1) is 9.87. The monoisotopic (exact) mass is 235 g/mol. The molecule has 0 fully saturated rings. The molecule has 0 spiro atoms. The van der Waals surface area contributed by atoms with Crippen molar-refractivity contribution in [2.24, 2.45) is 0 Å². The zero-order valence-corrected chi connectivity index (χ0v) is 9.33. The quantitative estimate of drug-likeness (QED) is 0.712. The molecule has 0 amide bonds. The molecule has 0 unspecified atom stereocenters. The van der Waals surface area contributed by atoms with Crippen molar-refractivity contribution in [2.45, 2.75) is 13.2 Å². The Bertz CT molecular complexity index is 574. The lowest BCUT2D eigenvalue weighted by molar-refractivity contribution is 0.0849. The van der Waals surface area contributed by atoms with Crippen LogP contribution in [-0.4, -0.2) is 17.5 Å². The molecule has 0 bridgehead atoms. The van der Waals surface area contributed by atoms with Gasteiger partial charge in [0.25, 0.3) is 0 Å². The number of benzene rings is 1. The van der Waals surface area contributed by atoms with Gasteiger partial charge in [0.1, 0.15) is 0 Å². The zero-order chi connectivity index (χ0) is 11.1. The Morgan fingerprint density at radius 3 is 3.12 bits per heavy atom. The summed E-state index contributed by atoms with van der Waals surface area (Å²) in [6.07, 6.45) is 0.888. The minimum absolute atomic E-state index is 0.485. The molecule has 0 N–H and O–H groups in total. The van der Waals surface area contributed by atoms with Crippen molar-refractivity contribution in [3.63, 3.8) is 0 Å². The van der Waals surface area contributed by atoms with Gasteiger partial charge in [-0.2, -0.15) is 0 Å². The molecule has 0 radical (unpaired) electrons. The zero-order valence-electron chi connectivity index (χ0n) is 8.57. The Hall–Kier alpha value is -1.32. The van der Waals surface area contributed by atoms with E-state index in [2.05, 4.69) is 4.57 Å². The molecule has 82 valence electrons. The number of carbonyl (C=O) groups excluding carboxylic acids is 1. The summed E-state index contributed by atoms with van der Waals surface area (Å²) in [6, 6.07) is 5.64. The first-order valence-electron chi connectivity index (χ1n) is 5.15. The van der Waals surface area contributed by atoms with Crippen molar-refractivity contribution < 1.29 is 9.53 Å². The number of nitrogens with zero attached hydrogens (tertiary/aromatic N) is 1. The summed E-state index contributed by atoms with van der Waals surface area (Å²) < 4.78 is 7.47. The summed E-state index contributed by atoms with van der Waals surface area (Å²) >= 11 is 6.19. The predicted octanol–water partition coefficient (Wildman–Crippen LogP) is 2.64. The van der Waals surface area contributed by atoms with Gasteiger partial charge in [-0.1, -0.05) is 23.7 Å². The van der Waals surface area contributed by atoms with Crippen LogP contribution in [0.15, 0.2) is 18.2 Å². The van der Waals surface area contributed by atoms with Gasteiger partial charge in [-0.15, -0.1) is 0 Å². The van der Waals surface area contributed by atoms with Crippen LogP contribution in [0, 0.1) is 0 Å². The average Bonchev–Trinajstić information content (AvgIpc) is 2.64. The summed E-state index contributed by atoms with van der Waals surface area (Å²) in [5.41, 5.74) is 2.59. The van der Waals surface area contributed by atoms with Crippen LogP contribution >= 0.6 is 11.6 Å². The molecule has 2 heterocycles. The van der Waals surface area contributed by atoms with Gasteiger partial charge in [0.05, 0.1) is 29.4 Å². The van der Waals surface area contributed by atoms with E-state index < -0.39 is 0 Å². The minimum Gasteiger partial charge on any atom is -0.373 e. The Morgan fingerprint density at radius 2 is 2.31 bits per heavy atom. The third kappa shape index (κ3) is 1.22. The maximum Gasteiger partial charge on any atom is 0.152 e. The Kier molecular flexibility index (Phi) is 2.23. The molecule has 0 saturated carbocycles. The third-order valence-electron chi connectivity index (χ3n) is 3.00. The van der Waals surface area contributed by atoms with Gasteiger partial charge in [0.2, 0.25) is 0 Å². The second-order valence-corrected chi connectivity index (χ2v) is 4.23. The van der Waals surface area contributed by atoms with Crippen LogP contribution in [0.4, 0.5) is 0 Å². The lowest BCUT2D eigenvalue weighted by Gasteiger charge is -2.17. The number of para-hydroxylation sites is 1. The highest BCUT2D eigenvalue weighted by Crippen LogP contribution is 2.32. The number of fused-ring (bicyclic) bond motifs is 3. The minimum atomic E-state index is 0.485. The van der Waals surface area contributed by atoms with E-state index in [0.29, 0.717) is 23.8 Å². The molecule has 1 aromatic heterocycles. The van der Waals surface area contributed by atoms with Gasteiger partial charge in [0.15, 0.2) is 6.29 Å². The van der Waals surface area contributed by atoms with Crippen LogP contribution < -0.4 is 0 Å². The fourth-order valence-electron chi connectivity index (χ4n) is 2.30. The van der Waals surface area contributed by atoms with Crippen LogP contribution in [0.1, 0.15) is 16.1 Å². The van der Waals surface area contributed by atoms with Crippen molar-refractivity contribution in [1.29, 1.82) is 0 Å². The summed E-state index contributed by atoms with van der Waals surface area (Å²) in [4.78, 5) is 11.2. The van der Waals surface area contributed by atoms with E-state index in [1.807, 2.05) is 18.2 Å². The SMILES string of the molecule is O=Cc1c2n(c3c(Cl)cccc13)CCOC2. The molecular formula is C12H10ClNO2. The van der Waals surface area contributed by atoms with Crippen molar-refractivity contribution in [3.8, 4) is 0 Å². The summed E-state index contributed by atoms with van der Waals surface area (Å²) in [5, 5.41) is 1.61. The maximum atomic E-state index is 11.2. The van der Waals surface area contributed by atoms with Crippen LogP contribution in [0.5, 0.6) is 0 Å². The van der Waals surface area contributed by atoms with E-state index in [9.17, 15) is 4.79 Å². The van der Waals surface area contributed by atoms with E-state index >= 15 is 0 Å². The number of rotatable bonds is 1. The first-order valence-corrected chi connectivity index (χ1v) is 5.53. The standard InChI is InChI=1S/C12H10ClNO2/c13-10-3-1-2-8-9(6-15)11-7-16-5-4-14(11)12(8)10/h1-3,6H,4-5,7H2. The van der Waals surface area contributed by atoms with Gasteiger partial charge in [0, 0.05) is 17.5 Å². The number of hydrogen-bond acceptors (Lipinski definition) is 2. The molecule has 1 aliphatic heterocycles. The van der Waals surface area contributed by atoms with Crippen LogP contribution in [0.2, 0.25) is 5.02 Å². The van der Waals surface area contributed by atoms with Gasteiger partial charge in [-0.3, -0.25) is 4.79 Å². The highest BCUT2D eigenvalue weighted by molar-refractivity contribution is 6.35. The Balaban J connectivity index is 2.46. The van der Waals surface area contributed by atoms with Crippen molar-refractivity contribution in [1.82, 2.24) is 4.57 Å². The van der Waals surface area contributed by atoms with E-state index in [-0.39, 0.29) is 0 Å². The second-order valence-electron chi connectivity index (χ2n) is 3.82. The number of halogens is 1. The Morgan fingerprint density at radius 1 is 1.44 bits per heavy atom. The molecule has 3 rings (SSSR count). The molecule has 4 heteroatoms. The molecule has 0 aliphatic carbocycles.